The summed E-state index contributed by atoms with van der Waals surface area (Å²) in [5.74, 6) is 0.261. The molecule has 1 fully saturated rings. The van der Waals surface area contributed by atoms with Crippen LogP contribution in [0.3, 0.4) is 0 Å². The Morgan fingerprint density at radius 1 is 0.806 bits per heavy atom. The number of carbonyl (C=O) groups is 1. The van der Waals surface area contributed by atoms with Crippen LogP contribution in [0.5, 0.6) is 0 Å². The van der Waals surface area contributed by atoms with Crippen LogP contribution in [0.2, 0.25) is 0 Å². The molecule has 1 amide bonds. The van der Waals surface area contributed by atoms with Crippen LogP contribution >= 0.6 is 0 Å². The molecule has 0 N–H and O–H groups in total. The molecule has 2 aliphatic heterocycles. The molecular weight excluding hydrogens is 384 g/mol. The SMILES string of the molecule is CCCCCCCCCCCCCCCC[N+]1(CN2CCCC2=O)\C=C/C=C\C=C/O1. The van der Waals surface area contributed by atoms with Crippen molar-refractivity contribution in [2.24, 2.45) is 0 Å². The Labute approximate surface area is 191 Å². The Hall–Kier alpha value is -1.55. The Kier molecular flexibility index (Phi) is 13.4. The second-order valence-corrected chi connectivity index (χ2v) is 9.33. The fraction of sp³-hybridized carbons (Fsp3) is 0.741. The molecular formula is C27H47N2O2+. The van der Waals surface area contributed by atoms with Crippen LogP contribution in [-0.4, -0.2) is 35.2 Å². The monoisotopic (exact) mass is 431 g/mol. The minimum atomic E-state index is 0.261. The van der Waals surface area contributed by atoms with Gasteiger partial charge in [-0.25, -0.2) is 0 Å². The number of rotatable bonds is 17. The summed E-state index contributed by atoms with van der Waals surface area (Å²) in [7, 11) is 0. The number of hydrogen-bond donors (Lipinski definition) is 0. The maximum Gasteiger partial charge on any atom is 0.227 e. The maximum atomic E-state index is 12.1. The third-order valence-electron chi connectivity index (χ3n) is 6.51. The van der Waals surface area contributed by atoms with E-state index in [1.54, 1.807) is 6.26 Å². The predicted molar refractivity (Wildman–Crippen MR) is 130 cm³/mol. The van der Waals surface area contributed by atoms with Crippen molar-refractivity contribution < 1.29 is 14.3 Å². The minimum Gasteiger partial charge on any atom is -0.317 e. The zero-order valence-corrected chi connectivity index (χ0v) is 20.1. The summed E-state index contributed by atoms with van der Waals surface area (Å²) < 4.78 is 0.394. The first-order valence-electron chi connectivity index (χ1n) is 13.1. The summed E-state index contributed by atoms with van der Waals surface area (Å²) in [6, 6.07) is 0. The van der Waals surface area contributed by atoms with Gasteiger partial charge < -0.3 is 4.84 Å². The van der Waals surface area contributed by atoms with Crippen LogP contribution < -0.4 is 0 Å². The highest BCUT2D eigenvalue weighted by atomic mass is 16.7. The Bertz CT molecular complexity index is 570. The van der Waals surface area contributed by atoms with Gasteiger partial charge in [0.15, 0.2) is 12.9 Å². The molecule has 176 valence electrons. The Balaban J connectivity index is 1.57. The molecule has 0 bridgehead atoms. The highest BCUT2D eigenvalue weighted by Crippen LogP contribution is 2.21. The van der Waals surface area contributed by atoms with E-state index >= 15 is 0 Å². The first kappa shape index (κ1) is 25.7. The van der Waals surface area contributed by atoms with Gasteiger partial charge in [0.05, 0.1) is 0 Å². The lowest BCUT2D eigenvalue weighted by molar-refractivity contribution is -1.06. The van der Waals surface area contributed by atoms with E-state index in [-0.39, 0.29) is 5.91 Å². The molecule has 2 heterocycles. The number of quaternary nitrogens is 1. The number of hydroxylamine groups is 3. The first-order valence-corrected chi connectivity index (χ1v) is 13.1. The van der Waals surface area contributed by atoms with Gasteiger partial charge in [0.1, 0.15) is 12.7 Å². The number of nitrogens with zero attached hydrogens (tertiary/aromatic N) is 2. The van der Waals surface area contributed by atoms with E-state index in [1.807, 2.05) is 29.2 Å². The fourth-order valence-corrected chi connectivity index (χ4v) is 4.57. The van der Waals surface area contributed by atoms with E-state index in [4.69, 9.17) is 4.84 Å². The van der Waals surface area contributed by atoms with Crippen LogP contribution in [0.25, 0.3) is 0 Å². The van der Waals surface area contributed by atoms with Crippen molar-refractivity contribution >= 4 is 5.91 Å². The largest absolute Gasteiger partial charge is 0.317 e. The van der Waals surface area contributed by atoms with Gasteiger partial charge in [-0.2, -0.15) is 0 Å². The van der Waals surface area contributed by atoms with Gasteiger partial charge in [0.25, 0.3) is 0 Å². The normalized spacial score (nSPS) is 23.9. The number of unbranched alkanes of at least 4 members (excludes halogenated alkanes) is 13. The molecule has 1 unspecified atom stereocenters. The highest BCUT2D eigenvalue weighted by Gasteiger charge is 2.34. The number of carbonyl (C=O) groups excluding carboxylic acids is 1. The highest BCUT2D eigenvalue weighted by molar-refractivity contribution is 5.77. The summed E-state index contributed by atoms with van der Waals surface area (Å²) in [6.07, 6.45) is 32.6. The second-order valence-electron chi connectivity index (χ2n) is 9.33. The first-order chi connectivity index (χ1) is 15.3. The lowest BCUT2D eigenvalue weighted by Gasteiger charge is -2.34. The summed E-state index contributed by atoms with van der Waals surface area (Å²) in [5.41, 5.74) is 0. The van der Waals surface area contributed by atoms with E-state index in [1.165, 1.54) is 83.5 Å². The molecule has 2 aliphatic rings. The average Bonchev–Trinajstić information content (AvgIpc) is 3.15. The van der Waals surface area contributed by atoms with Crippen LogP contribution in [0.4, 0.5) is 0 Å². The molecule has 0 radical (unpaired) electrons. The van der Waals surface area contributed by atoms with Crippen molar-refractivity contribution in [3.63, 3.8) is 0 Å². The number of amides is 1. The zero-order chi connectivity index (χ0) is 22.0. The fourth-order valence-electron chi connectivity index (χ4n) is 4.57. The lowest BCUT2D eigenvalue weighted by Crippen LogP contribution is -2.50. The van der Waals surface area contributed by atoms with E-state index in [9.17, 15) is 4.79 Å². The van der Waals surface area contributed by atoms with Crippen LogP contribution in [-0.2, 0) is 9.63 Å². The molecule has 0 spiro atoms. The van der Waals surface area contributed by atoms with E-state index in [0.29, 0.717) is 17.7 Å². The van der Waals surface area contributed by atoms with Gasteiger partial charge in [-0.05, 0) is 25.0 Å². The Morgan fingerprint density at radius 2 is 1.39 bits per heavy atom. The van der Waals surface area contributed by atoms with Crippen LogP contribution in [0.1, 0.15) is 110 Å². The molecule has 1 atom stereocenters. The van der Waals surface area contributed by atoms with Crippen LogP contribution in [0.15, 0.2) is 36.8 Å². The summed E-state index contributed by atoms with van der Waals surface area (Å²) in [5, 5.41) is 0. The smallest absolute Gasteiger partial charge is 0.227 e. The van der Waals surface area contributed by atoms with Crippen molar-refractivity contribution in [1.29, 1.82) is 0 Å². The van der Waals surface area contributed by atoms with Crippen molar-refractivity contribution in [2.75, 3.05) is 19.8 Å². The minimum absolute atomic E-state index is 0.261. The lowest BCUT2D eigenvalue weighted by atomic mass is 10.0. The van der Waals surface area contributed by atoms with Crippen molar-refractivity contribution in [1.82, 2.24) is 4.90 Å². The van der Waals surface area contributed by atoms with Crippen molar-refractivity contribution in [2.45, 2.75) is 110 Å². The third kappa shape index (κ3) is 11.0. The van der Waals surface area contributed by atoms with Gasteiger partial charge in [0, 0.05) is 19.4 Å². The quantitative estimate of drug-likeness (QED) is 0.177. The number of allylic oxidation sites excluding steroid dienone is 4. The predicted octanol–water partition coefficient (Wildman–Crippen LogP) is 7.39. The van der Waals surface area contributed by atoms with E-state index in [0.717, 1.165) is 25.9 Å². The average molecular weight is 432 g/mol. The van der Waals surface area contributed by atoms with Crippen molar-refractivity contribution in [3.8, 4) is 0 Å². The van der Waals surface area contributed by atoms with Crippen LogP contribution in [0, 0.1) is 0 Å². The zero-order valence-electron chi connectivity index (χ0n) is 20.1. The van der Waals surface area contributed by atoms with E-state index in [2.05, 4.69) is 13.1 Å². The topological polar surface area (TPSA) is 29.5 Å². The molecule has 4 nitrogen and oxygen atoms in total. The molecule has 4 heteroatoms. The second kappa shape index (κ2) is 16.1. The summed E-state index contributed by atoms with van der Waals surface area (Å²) >= 11 is 0. The number of hydrogen-bond acceptors (Lipinski definition) is 2. The Morgan fingerprint density at radius 3 is 1.97 bits per heavy atom. The van der Waals surface area contributed by atoms with Gasteiger partial charge in [0.2, 0.25) is 5.91 Å². The van der Waals surface area contributed by atoms with Crippen molar-refractivity contribution in [3.05, 3.63) is 36.8 Å². The number of likely N-dealkylation sites (tertiary alicyclic amines) is 1. The van der Waals surface area contributed by atoms with Gasteiger partial charge in [-0.3, -0.25) is 9.69 Å². The molecule has 31 heavy (non-hydrogen) atoms. The summed E-state index contributed by atoms with van der Waals surface area (Å²) in [4.78, 5) is 20.2. The third-order valence-corrected chi connectivity index (χ3v) is 6.51. The molecule has 0 aromatic rings. The van der Waals surface area contributed by atoms with Gasteiger partial charge in [-0.15, -0.1) is 0 Å². The standard InChI is InChI=1S/C27H47N2O2/c1-2-3-4-5-6-7-8-9-10-11-12-13-14-17-23-29(24-18-15-16-19-25-31-29)26-28-22-20-21-27(28)30/h15-16,18-19,24-25H,2-14,17,20-23,26H2,1H3/q+1/b16-15-,24-18-,25-19-. The maximum absolute atomic E-state index is 12.1. The summed E-state index contributed by atoms with van der Waals surface area (Å²) in [6.45, 7) is 4.67. The molecule has 0 aromatic carbocycles. The molecule has 0 saturated carbocycles. The molecule has 1 saturated heterocycles. The van der Waals surface area contributed by atoms with Gasteiger partial charge >= 0.3 is 0 Å². The molecule has 0 aliphatic carbocycles. The van der Waals surface area contributed by atoms with E-state index < -0.39 is 0 Å². The van der Waals surface area contributed by atoms with Gasteiger partial charge in [-0.1, -0.05) is 101 Å². The molecule has 2 rings (SSSR count). The molecule has 0 aromatic heterocycles.